The van der Waals surface area contributed by atoms with Crippen molar-refractivity contribution in [3.63, 3.8) is 0 Å². The van der Waals surface area contributed by atoms with Gasteiger partial charge in [-0.1, -0.05) is 44.2 Å². The number of imide groups is 1. The normalized spacial score (nSPS) is 19.4. The zero-order valence-corrected chi connectivity index (χ0v) is 21.6. The van der Waals surface area contributed by atoms with E-state index in [1.807, 2.05) is 12.1 Å². The van der Waals surface area contributed by atoms with Gasteiger partial charge >= 0.3 is 0 Å². The Morgan fingerprint density at radius 2 is 1.73 bits per heavy atom. The van der Waals surface area contributed by atoms with Gasteiger partial charge in [-0.3, -0.25) is 29.2 Å². The fourth-order valence-corrected chi connectivity index (χ4v) is 5.49. The van der Waals surface area contributed by atoms with Gasteiger partial charge in [0.2, 0.25) is 11.8 Å². The van der Waals surface area contributed by atoms with Crippen LogP contribution in [0.3, 0.4) is 0 Å². The van der Waals surface area contributed by atoms with E-state index in [0.717, 1.165) is 37.0 Å². The third-order valence-electron chi connectivity index (χ3n) is 7.85. The number of rotatable bonds is 7. The molecule has 2 aliphatic heterocycles. The first-order valence-corrected chi connectivity index (χ1v) is 13.3. The number of piperidine rings is 2. The van der Waals surface area contributed by atoms with Crippen LogP contribution in [-0.2, 0) is 22.7 Å². The first kappa shape index (κ1) is 25.1. The van der Waals surface area contributed by atoms with E-state index in [2.05, 4.69) is 58.6 Å². The van der Waals surface area contributed by atoms with Crippen molar-refractivity contribution in [2.45, 2.75) is 58.7 Å². The van der Waals surface area contributed by atoms with Crippen molar-refractivity contribution in [1.82, 2.24) is 19.8 Å². The Labute approximate surface area is 217 Å². The van der Waals surface area contributed by atoms with E-state index >= 15 is 0 Å². The number of aromatic nitrogens is 2. The number of carbonyl (C=O) groups is 2. The maximum atomic E-state index is 13.4. The average molecular weight is 502 g/mol. The molecule has 0 radical (unpaired) electrons. The number of benzene rings is 2. The van der Waals surface area contributed by atoms with Crippen LogP contribution in [0.5, 0.6) is 0 Å². The summed E-state index contributed by atoms with van der Waals surface area (Å²) in [7, 11) is 0. The van der Waals surface area contributed by atoms with Crippen LogP contribution in [0.4, 0.5) is 5.69 Å². The van der Waals surface area contributed by atoms with Gasteiger partial charge in [0, 0.05) is 25.2 Å². The molecular weight excluding hydrogens is 466 g/mol. The number of anilines is 1. The largest absolute Gasteiger partial charge is 0.380 e. The standard InChI is InChI=1S/C29H35N5O3/c1-19(2)22-12-14-33(15-13-22)17-21-8-6-20(7-9-21)16-30-23-4-3-5-24-27(23)29(37)34(18-31-24)25-10-11-26(35)32-28(25)36/h3-9,18-19,22,25,30H,10-17H2,1-2H3,(H,32,35,36). The van der Waals surface area contributed by atoms with Crippen molar-refractivity contribution in [2.24, 2.45) is 11.8 Å². The highest BCUT2D eigenvalue weighted by molar-refractivity contribution is 5.99. The molecule has 2 aliphatic rings. The molecule has 2 saturated heterocycles. The van der Waals surface area contributed by atoms with Crippen LogP contribution in [0.25, 0.3) is 10.9 Å². The van der Waals surface area contributed by atoms with E-state index in [-0.39, 0.29) is 24.3 Å². The fourth-order valence-electron chi connectivity index (χ4n) is 5.49. The molecule has 5 rings (SSSR count). The molecule has 2 aromatic carbocycles. The van der Waals surface area contributed by atoms with Crippen molar-refractivity contribution in [3.05, 3.63) is 70.3 Å². The topological polar surface area (TPSA) is 96.3 Å². The van der Waals surface area contributed by atoms with E-state index in [1.165, 1.54) is 29.3 Å². The maximum absolute atomic E-state index is 13.4. The molecule has 0 spiro atoms. The number of carbonyl (C=O) groups excluding carboxylic acids is 2. The molecular formula is C29H35N5O3. The van der Waals surface area contributed by atoms with Crippen LogP contribution in [0.15, 0.2) is 53.6 Å². The van der Waals surface area contributed by atoms with Crippen LogP contribution < -0.4 is 16.2 Å². The van der Waals surface area contributed by atoms with Crippen molar-refractivity contribution in [2.75, 3.05) is 18.4 Å². The minimum absolute atomic E-state index is 0.201. The number of nitrogens with one attached hydrogen (secondary N) is 2. The molecule has 2 N–H and O–H groups in total. The summed E-state index contributed by atoms with van der Waals surface area (Å²) < 4.78 is 1.34. The Morgan fingerprint density at radius 3 is 2.43 bits per heavy atom. The maximum Gasteiger partial charge on any atom is 0.264 e. The van der Waals surface area contributed by atoms with E-state index < -0.39 is 11.9 Å². The first-order chi connectivity index (χ1) is 17.9. The summed E-state index contributed by atoms with van der Waals surface area (Å²) in [6.45, 7) is 8.53. The molecule has 0 aliphatic carbocycles. The summed E-state index contributed by atoms with van der Waals surface area (Å²) in [5, 5.41) is 6.15. The Bertz CT molecular complexity index is 1340. The summed E-state index contributed by atoms with van der Waals surface area (Å²) in [6, 6.07) is 13.4. The van der Waals surface area contributed by atoms with Crippen LogP contribution in [0, 0.1) is 11.8 Å². The average Bonchev–Trinajstić information content (AvgIpc) is 2.89. The van der Waals surface area contributed by atoms with E-state index in [4.69, 9.17) is 0 Å². The van der Waals surface area contributed by atoms with Gasteiger partial charge in [0.05, 0.1) is 17.2 Å². The van der Waals surface area contributed by atoms with Gasteiger partial charge in [0.1, 0.15) is 6.04 Å². The quantitative estimate of drug-likeness (QED) is 0.478. The number of fused-ring (bicyclic) bond motifs is 1. The van der Waals surface area contributed by atoms with Crippen LogP contribution in [0.2, 0.25) is 0 Å². The number of likely N-dealkylation sites (tertiary alicyclic amines) is 1. The van der Waals surface area contributed by atoms with Crippen LogP contribution in [0.1, 0.15) is 56.7 Å². The Morgan fingerprint density at radius 1 is 1.00 bits per heavy atom. The van der Waals surface area contributed by atoms with Gasteiger partial charge in [0.25, 0.3) is 5.56 Å². The molecule has 8 nitrogen and oxygen atoms in total. The third kappa shape index (κ3) is 5.59. The molecule has 3 aromatic rings. The zero-order valence-electron chi connectivity index (χ0n) is 21.6. The SMILES string of the molecule is CC(C)C1CCN(Cc2ccc(CNc3cccc4ncn(C5CCC(=O)NC5=O)c(=O)c34)cc2)CC1. The van der Waals surface area contributed by atoms with Crippen molar-refractivity contribution in [1.29, 1.82) is 0 Å². The van der Waals surface area contributed by atoms with Gasteiger partial charge in [-0.15, -0.1) is 0 Å². The third-order valence-corrected chi connectivity index (χ3v) is 7.85. The van der Waals surface area contributed by atoms with E-state index in [1.54, 1.807) is 6.07 Å². The summed E-state index contributed by atoms with van der Waals surface area (Å²) in [6.07, 6.45) is 4.45. The Hall–Kier alpha value is -3.52. The molecule has 8 heteroatoms. The Balaban J connectivity index is 1.26. The number of nitrogens with zero attached hydrogens (tertiary/aromatic N) is 3. The van der Waals surface area contributed by atoms with Crippen molar-refractivity contribution >= 4 is 28.4 Å². The number of amides is 2. The second-order valence-corrected chi connectivity index (χ2v) is 10.7. The molecule has 1 atom stereocenters. The summed E-state index contributed by atoms with van der Waals surface area (Å²) >= 11 is 0. The summed E-state index contributed by atoms with van der Waals surface area (Å²) in [5.41, 5.74) is 3.38. The lowest BCUT2D eigenvalue weighted by Crippen LogP contribution is -2.44. The van der Waals surface area contributed by atoms with Crippen LogP contribution in [-0.4, -0.2) is 39.4 Å². The molecule has 194 valence electrons. The van der Waals surface area contributed by atoms with Gasteiger partial charge in [-0.2, -0.15) is 0 Å². The first-order valence-electron chi connectivity index (χ1n) is 13.3. The van der Waals surface area contributed by atoms with E-state index in [9.17, 15) is 14.4 Å². The molecule has 3 heterocycles. The van der Waals surface area contributed by atoms with E-state index in [0.29, 0.717) is 23.1 Å². The van der Waals surface area contributed by atoms with Crippen molar-refractivity contribution in [3.8, 4) is 0 Å². The highest BCUT2D eigenvalue weighted by atomic mass is 16.2. The van der Waals surface area contributed by atoms with Gasteiger partial charge in [-0.05, 0) is 67.4 Å². The smallest absolute Gasteiger partial charge is 0.264 e. The van der Waals surface area contributed by atoms with Crippen LogP contribution >= 0.6 is 0 Å². The highest BCUT2D eigenvalue weighted by Crippen LogP contribution is 2.26. The molecule has 2 amide bonds. The lowest BCUT2D eigenvalue weighted by atomic mass is 9.86. The minimum atomic E-state index is -0.737. The molecule has 0 saturated carbocycles. The molecule has 1 aromatic heterocycles. The van der Waals surface area contributed by atoms with Gasteiger partial charge < -0.3 is 5.32 Å². The summed E-state index contributed by atoms with van der Waals surface area (Å²) in [5.74, 6) is 0.843. The number of hydrogen-bond donors (Lipinski definition) is 2. The molecule has 2 fully saturated rings. The van der Waals surface area contributed by atoms with Gasteiger partial charge in [0.15, 0.2) is 0 Å². The molecule has 1 unspecified atom stereocenters. The Kier molecular flexibility index (Phi) is 7.37. The second kappa shape index (κ2) is 10.8. The molecule has 37 heavy (non-hydrogen) atoms. The lowest BCUT2D eigenvalue weighted by molar-refractivity contribution is -0.135. The minimum Gasteiger partial charge on any atom is -0.380 e. The molecule has 0 bridgehead atoms. The fraction of sp³-hybridized carbons (Fsp3) is 0.448. The lowest BCUT2D eigenvalue weighted by Gasteiger charge is -2.33. The predicted octanol–water partition coefficient (Wildman–Crippen LogP) is 3.85. The van der Waals surface area contributed by atoms with Gasteiger partial charge in [-0.25, -0.2) is 4.98 Å². The van der Waals surface area contributed by atoms with Crippen molar-refractivity contribution < 1.29 is 9.59 Å². The summed E-state index contributed by atoms with van der Waals surface area (Å²) in [4.78, 5) is 44.2. The highest BCUT2D eigenvalue weighted by Gasteiger charge is 2.29. The number of hydrogen-bond acceptors (Lipinski definition) is 6. The monoisotopic (exact) mass is 501 g/mol. The predicted molar refractivity (Wildman–Crippen MR) is 144 cm³/mol. The zero-order chi connectivity index (χ0) is 25.9. The second-order valence-electron chi connectivity index (χ2n) is 10.7.